The molecule has 472 valence electrons. The number of aromatic nitrogens is 3. The van der Waals surface area contributed by atoms with E-state index in [0.717, 1.165) is 32.7 Å². The van der Waals surface area contributed by atoms with Crippen LogP contribution in [0.25, 0.3) is 32.7 Å². The molecule has 0 unspecified atom stereocenters. The number of nitrogens with one attached hydrogen (secondary N) is 10. The van der Waals surface area contributed by atoms with E-state index in [4.69, 9.17) is 45.9 Å². The van der Waals surface area contributed by atoms with Gasteiger partial charge in [0.2, 0.25) is 47.3 Å². The van der Waals surface area contributed by atoms with Gasteiger partial charge in [-0.15, -0.1) is 0 Å². The van der Waals surface area contributed by atoms with E-state index in [1.807, 2.05) is 66.7 Å². The fourth-order valence-electron chi connectivity index (χ4n) is 10.0. The fourth-order valence-corrected chi connectivity index (χ4v) is 10.0. The van der Waals surface area contributed by atoms with Crippen molar-refractivity contribution in [1.82, 2.24) is 52.2 Å². The first-order valence-electron chi connectivity index (χ1n) is 29.1. The largest absolute Gasteiger partial charge is 0.370 e. The maximum atomic E-state index is 15.2. The normalized spacial score (nSPS) is 13.5. The molecule has 7 atom stereocenters. The summed E-state index contributed by atoms with van der Waals surface area (Å²) in [5.74, 6) is -6.24. The molecule has 0 aliphatic rings. The summed E-state index contributed by atoms with van der Waals surface area (Å²) in [4.78, 5) is 134. The van der Waals surface area contributed by atoms with Crippen molar-refractivity contribution in [3.05, 3.63) is 108 Å². The number of aliphatic imine (C=N–C) groups is 3. The molecule has 6 aromatic rings. The van der Waals surface area contributed by atoms with Crippen molar-refractivity contribution in [2.45, 2.75) is 126 Å². The quantitative estimate of drug-likeness (QED) is 0.0119. The lowest BCUT2D eigenvalue weighted by Crippen LogP contribution is -2.60. The Morgan fingerprint density at radius 1 is 0.409 bits per heavy atom. The highest BCUT2D eigenvalue weighted by molar-refractivity contribution is 5.98. The van der Waals surface area contributed by atoms with Crippen LogP contribution >= 0.6 is 0 Å². The van der Waals surface area contributed by atoms with Crippen molar-refractivity contribution in [1.29, 1.82) is 0 Å². The van der Waals surface area contributed by atoms with E-state index in [-0.39, 0.29) is 101 Å². The lowest BCUT2D eigenvalue weighted by atomic mass is 10.0. The van der Waals surface area contributed by atoms with Gasteiger partial charge in [0.05, 0.1) is 6.04 Å². The Morgan fingerprint density at radius 2 is 0.727 bits per heavy atom. The van der Waals surface area contributed by atoms with Gasteiger partial charge in [-0.25, -0.2) is 0 Å². The predicted octanol–water partition coefficient (Wildman–Crippen LogP) is -1.65. The van der Waals surface area contributed by atoms with E-state index >= 15 is 9.59 Å². The molecule has 0 bridgehead atoms. The van der Waals surface area contributed by atoms with Crippen LogP contribution in [0.3, 0.4) is 0 Å². The third kappa shape index (κ3) is 20.8. The van der Waals surface area contributed by atoms with E-state index in [2.05, 4.69) is 67.1 Å². The third-order valence-electron chi connectivity index (χ3n) is 14.6. The summed E-state index contributed by atoms with van der Waals surface area (Å²) >= 11 is 0. The molecule has 3 heterocycles. The van der Waals surface area contributed by atoms with E-state index in [1.54, 1.807) is 24.7 Å². The number of primary amides is 1. The maximum Gasteiger partial charge on any atom is 0.243 e. The van der Waals surface area contributed by atoms with Gasteiger partial charge in [0.1, 0.15) is 36.3 Å². The molecule has 0 spiro atoms. The van der Waals surface area contributed by atoms with Crippen LogP contribution in [0.1, 0.15) is 81.4 Å². The van der Waals surface area contributed by atoms with E-state index in [1.165, 1.54) is 6.92 Å². The second kappa shape index (κ2) is 33.5. The topological polar surface area (TPSA) is 513 Å². The molecular formula is C59H83N21O8. The molecule has 8 amide bonds. The Balaban J connectivity index is 1.32. The minimum absolute atomic E-state index is 0.0350. The number of carbonyl (C=O) groups excluding carboxylic acids is 8. The van der Waals surface area contributed by atoms with Crippen molar-refractivity contribution < 1.29 is 38.4 Å². The maximum absolute atomic E-state index is 15.2. The molecule has 29 heteroatoms. The molecule has 0 fully saturated rings. The van der Waals surface area contributed by atoms with Crippen LogP contribution in [-0.2, 0) is 57.6 Å². The van der Waals surface area contributed by atoms with Crippen LogP contribution in [0.4, 0.5) is 0 Å². The first-order chi connectivity index (χ1) is 42.2. The average molecular weight is 1210 g/mol. The van der Waals surface area contributed by atoms with Gasteiger partial charge in [-0.3, -0.25) is 53.3 Å². The first kappa shape index (κ1) is 66.9. The molecule has 3 aromatic heterocycles. The number of hydrogen-bond acceptors (Lipinski definition) is 12. The Morgan fingerprint density at radius 3 is 1.09 bits per heavy atom. The summed E-state index contributed by atoms with van der Waals surface area (Å²) in [5, 5.41) is 21.8. The van der Waals surface area contributed by atoms with Crippen LogP contribution in [-0.4, -0.2) is 149 Å². The summed E-state index contributed by atoms with van der Waals surface area (Å²) in [7, 11) is 0. The number of carbonyl (C=O) groups is 8. The number of aromatic amines is 3. The van der Waals surface area contributed by atoms with Crippen LogP contribution in [0.15, 0.2) is 106 Å². The van der Waals surface area contributed by atoms with Crippen LogP contribution < -0.4 is 83.1 Å². The zero-order valence-electron chi connectivity index (χ0n) is 49.2. The van der Waals surface area contributed by atoms with Gasteiger partial charge in [0.15, 0.2) is 17.9 Å². The van der Waals surface area contributed by atoms with Gasteiger partial charge in [-0.2, -0.15) is 0 Å². The SMILES string of the molecule is CC(=O)NCCCC[C@H](NC(=O)[C@H](Cc1c[nH]c2ccccc12)NC(=O)[C@H](CCCN=C(N)N)NC(=O)[C@H](Cc1c[nH]c2ccccc12)NC(=O)[C@H](CCCN=C(N)N)NC(=O)[C@H](Cc1c[nH]c2ccccc12)NC(=O)[C@@H](N)CCCN=C(N)N)C(N)=O. The Labute approximate surface area is 508 Å². The van der Waals surface area contributed by atoms with Crippen molar-refractivity contribution in [3.63, 3.8) is 0 Å². The standard InChI is InChI=1S/C59H83N21O8/c1-33(81)68-23-9-8-20-44(50(61)82)75-54(86)48(28-35-31-73-42-18-6-3-14-38(35)42)79-52(84)46(22-12-26-71-59(66)67)77-56(88)49(29-36-32-74-43-19-7-4-15-39(36)43)80-53(85)45(21-11-25-70-58(64)65)76-55(87)47(27-34-30-72-41-17-5-2-13-37(34)41)78-51(83)40(60)16-10-24-69-57(62)63/h2-7,13-15,17-19,30-32,40,44-49,72-74H,8-12,16,20-29,60H2,1H3,(H2,61,82)(H,68,81)(H,75,86)(H,76,87)(H,77,88)(H,78,83)(H,79,84)(H,80,85)(H4,62,63,69)(H4,64,65,70)(H4,66,67,71)/t40-,44-,45-,46-,47-,48-,49-/m0/s1. The number of guanidine groups is 3. The number of hydrogen-bond donors (Lipinski definition) is 18. The smallest absolute Gasteiger partial charge is 0.243 e. The zero-order valence-corrected chi connectivity index (χ0v) is 49.2. The highest BCUT2D eigenvalue weighted by Gasteiger charge is 2.35. The van der Waals surface area contributed by atoms with E-state index in [9.17, 15) is 28.8 Å². The molecule has 0 radical (unpaired) electrons. The highest BCUT2D eigenvalue weighted by atomic mass is 16.2. The van der Waals surface area contributed by atoms with Gasteiger partial charge in [0.25, 0.3) is 0 Å². The van der Waals surface area contributed by atoms with Crippen LogP contribution in [0.2, 0.25) is 0 Å². The van der Waals surface area contributed by atoms with Crippen LogP contribution in [0, 0.1) is 0 Å². The van der Waals surface area contributed by atoms with Crippen LogP contribution in [0.5, 0.6) is 0 Å². The second-order valence-electron chi connectivity index (χ2n) is 21.4. The number of benzene rings is 3. The molecule has 0 aliphatic carbocycles. The number of para-hydroxylation sites is 3. The summed E-state index contributed by atoms with van der Waals surface area (Å²) in [6, 6.07) is 12.9. The predicted molar refractivity (Wildman–Crippen MR) is 337 cm³/mol. The first-order valence-corrected chi connectivity index (χ1v) is 29.1. The number of nitrogens with two attached hydrogens (primary N) is 8. The Kier molecular flexibility index (Phi) is 25.5. The number of amides is 8. The molecule has 0 aliphatic heterocycles. The molecule has 3 aromatic carbocycles. The van der Waals surface area contributed by atoms with Gasteiger partial charge < -0.3 is 98.0 Å². The average Bonchev–Trinajstić information content (AvgIpc) is 3.99. The molecule has 0 saturated carbocycles. The summed E-state index contributed by atoms with van der Waals surface area (Å²) < 4.78 is 0. The molecule has 6 rings (SSSR count). The van der Waals surface area contributed by atoms with Gasteiger partial charge in [-0.1, -0.05) is 54.6 Å². The zero-order chi connectivity index (χ0) is 63.7. The second-order valence-corrected chi connectivity index (χ2v) is 21.4. The summed E-state index contributed by atoms with van der Waals surface area (Å²) in [5.41, 5.74) is 49.9. The molecule has 26 N–H and O–H groups in total. The molecule has 0 saturated heterocycles. The Bertz CT molecular complexity index is 3450. The number of unbranched alkanes of at least 4 members (excludes halogenated alkanes) is 1. The van der Waals surface area contributed by atoms with Gasteiger partial charge >= 0.3 is 0 Å². The summed E-state index contributed by atoms with van der Waals surface area (Å²) in [6.45, 7) is 2.01. The van der Waals surface area contributed by atoms with Crippen molar-refractivity contribution in [2.24, 2.45) is 60.8 Å². The highest BCUT2D eigenvalue weighted by Crippen LogP contribution is 2.23. The Hall–Kier alpha value is -10.2. The number of rotatable bonds is 36. The minimum atomic E-state index is -1.46. The minimum Gasteiger partial charge on any atom is -0.370 e. The van der Waals surface area contributed by atoms with Crippen molar-refractivity contribution in [2.75, 3.05) is 26.2 Å². The summed E-state index contributed by atoms with van der Waals surface area (Å²) in [6.07, 6.45) is 6.50. The monoisotopic (exact) mass is 1210 g/mol. The molecule has 29 nitrogen and oxygen atoms in total. The molecular weight excluding hydrogens is 1130 g/mol. The third-order valence-corrected chi connectivity index (χ3v) is 14.6. The number of nitrogens with zero attached hydrogens (tertiary/aromatic N) is 3. The lowest BCUT2D eigenvalue weighted by molar-refractivity contribution is -0.135. The lowest BCUT2D eigenvalue weighted by Gasteiger charge is -2.28. The number of H-pyrrole nitrogens is 3. The molecule has 88 heavy (non-hydrogen) atoms. The van der Waals surface area contributed by atoms with E-state index < -0.39 is 83.6 Å². The van der Waals surface area contributed by atoms with Gasteiger partial charge in [-0.05, 0) is 92.7 Å². The number of fused-ring (bicyclic) bond motifs is 3. The van der Waals surface area contributed by atoms with Crippen molar-refractivity contribution >= 4 is 97.8 Å². The van der Waals surface area contributed by atoms with Gasteiger partial charge in [0, 0.05) is 104 Å². The van der Waals surface area contributed by atoms with E-state index in [0.29, 0.717) is 42.5 Å². The van der Waals surface area contributed by atoms with Crippen molar-refractivity contribution in [3.8, 4) is 0 Å². The fraction of sp³-hybridized carbons (Fsp3) is 0.407.